The number of hydrogen-bond donors (Lipinski definition) is 0. The van der Waals surface area contributed by atoms with Gasteiger partial charge in [0.15, 0.2) is 0 Å². The number of aromatic nitrogens is 2. The molecule has 0 N–H and O–H groups in total. The Bertz CT molecular complexity index is 542. The van der Waals surface area contributed by atoms with Crippen molar-refractivity contribution in [2.45, 2.75) is 66.5 Å². The number of likely N-dealkylation sites (tertiary alicyclic amines) is 1. The molecule has 0 radical (unpaired) electrons. The third-order valence-corrected chi connectivity index (χ3v) is 4.66. The number of rotatable bonds is 6. The molecule has 1 atom stereocenters. The zero-order valence-corrected chi connectivity index (χ0v) is 14.4. The highest BCUT2D eigenvalue weighted by Gasteiger charge is 2.34. The van der Waals surface area contributed by atoms with Gasteiger partial charge in [0.1, 0.15) is 0 Å². The van der Waals surface area contributed by atoms with E-state index in [1.165, 1.54) is 5.57 Å². The van der Waals surface area contributed by atoms with E-state index >= 15 is 0 Å². The minimum absolute atomic E-state index is 0.233. The Labute approximate surface area is 134 Å². The van der Waals surface area contributed by atoms with Gasteiger partial charge in [0.25, 0.3) is 0 Å². The molecule has 2 heterocycles. The molecule has 22 heavy (non-hydrogen) atoms. The van der Waals surface area contributed by atoms with Gasteiger partial charge < -0.3 is 9.47 Å². The van der Waals surface area contributed by atoms with Crippen LogP contribution in [0.3, 0.4) is 0 Å². The third-order valence-electron chi connectivity index (χ3n) is 4.66. The van der Waals surface area contributed by atoms with Gasteiger partial charge in [-0.2, -0.15) is 0 Å². The number of allylic oxidation sites excluding steroid dienone is 2. The highest BCUT2D eigenvalue weighted by Crippen LogP contribution is 2.35. The van der Waals surface area contributed by atoms with Gasteiger partial charge in [-0.3, -0.25) is 4.79 Å². The van der Waals surface area contributed by atoms with Crippen molar-refractivity contribution in [1.29, 1.82) is 0 Å². The maximum absolute atomic E-state index is 12.3. The lowest BCUT2D eigenvalue weighted by Gasteiger charge is -2.40. The molecule has 1 amide bonds. The second-order valence-electron chi connectivity index (χ2n) is 7.05. The molecule has 4 nitrogen and oxygen atoms in total. The zero-order valence-electron chi connectivity index (χ0n) is 14.4. The van der Waals surface area contributed by atoms with Gasteiger partial charge in [0.2, 0.25) is 5.91 Å². The topological polar surface area (TPSA) is 38.1 Å². The van der Waals surface area contributed by atoms with Gasteiger partial charge in [0.05, 0.1) is 18.6 Å². The van der Waals surface area contributed by atoms with Crippen molar-refractivity contribution in [1.82, 2.24) is 14.5 Å². The first-order valence-corrected chi connectivity index (χ1v) is 8.34. The second kappa shape index (κ2) is 7.12. The van der Waals surface area contributed by atoms with Crippen LogP contribution in [-0.4, -0.2) is 26.9 Å². The Morgan fingerprint density at radius 1 is 1.45 bits per heavy atom. The molecule has 1 aliphatic rings. The average Bonchev–Trinajstić information content (AvgIpc) is 2.90. The van der Waals surface area contributed by atoms with Crippen LogP contribution in [0.2, 0.25) is 0 Å². The maximum atomic E-state index is 12.3. The van der Waals surface area contributed by atoms with Gasteiger partial charge in [-0.05, 0) is 45.4 Å². The molecule has 1 saturated heterocycles. The van der Waals surface area contributed by atoms with Crippen LogP contribution in [0.5, 0.6) is 0 Å². The summed E-state index contributed by atoms with van der Waals surface area (Å²) < 4.78 is 2.11. The van der Waals surface area contributed by atoms with E-state index in [2.05, 4.69) is 43.3 Å². The Morgan fingerprint density at radius 2 is 2.23 bits per heavy atom. The summed E-state index contributed by atoms with van der Waals surface area (Å²) in [5.41, 5.74) is 2.74. The average molecular weight is 303 g/mol. The van der Waals surface area contributed by atoms with Crippen molar-refractivity contribution < 1.29 is 4.79 Å². The third kappa shape index (κ3) is 4.21. The number of piperidine rings is 1. The van der Waals surface area contributed by atoms with E-state index in [1.54, 1.807) is 0 Å². The first-order valence-electron chi connectivity index (χ1n) is 8.34. The number of imidazole rings is 1. The molecule has 4 heteroatoms. The summed E-state index contributed by atoms with van der Waals surface area (Å²) in [5.74, 6) is 0.281. The normalized spacial score (nSPS) is 22.0. The van der Waals surface area contributed by atoms with Gasteiger partial charge in [-0.1, -0.05) is 18.6 Å². The predicted molar refractivity (Wildman–Crippen MR) is 89.3 cm³/mol. The number of carbonyl (C=O) groups excluding carboxylic acids is 1. The summed E-state index contributed by atoms with van der Waals surface area (Å²) in [6.45, 7) is 11.2. The Morgan fingerprint density at radius 3 is 2.91 bits per heavy atom. The van der Waals surface area contributed by atoms with Gasteiger partial charge in [-0.15, -0.1) is 0 Å². The molecule has 0 spiro atoms. The van der Waals surface area contributed by atoms with E-state index in [1.807, 2.05) is 17.4 Å². The number of aryl methyl sites for hydroxylation is 1. The highest BCUT2D eigenvalue weighted by molar-refractivity contribution is 5.77. The molecule has 1 aromatic rings. The molecule has 1 fully saturated rings. The van der Waals surface area contributed by atoms with E-state index in [4.69, 9.17) is 0 Å². The molecule has 1 aromatic heterocycles. The van der Waals surface area contributed by atoms with Crippen LogP contribution in [0.25, 0.3) is 0 Å². The zero-order chi connectivity index (χ0) is 16.2. The van der Waals surface area contributed by atoms with Crippen molar-refractivity contribution in [2.75, 3.05) is 6.54 Å². The molecule has 0 aliphatic carbocycles. The standard InChI is InChI=1S/C18H29N3O/c1-5-20-14-19-11-16(20)12-21-13-18(4,10-8-17(21)22)9-6-7-15(2)3/h7,11,14H,5-6,8-10,12-13H2,1-4H3/t18-/m0/s1. The Hall–Kier alpha value is -1.58. The molecule has 2 rings (SSSR count). The highest BCUT2D eigenvalue weighted by atomic mass is 16.2. The van der Waals surface area contributed by atoms with Crippen LogP contribution in [0.15, 0.2) is 24.2 Å². The van der Waals surface area contributed by atoms with Crippen LogP contribution >= 0.6 is 0 Å². The largest absolute Gasteiger partial charge is 0.336 e. The molecule has 0 bridgehead atoms. The Kier molecular flexibility index (Phi) is 5.43. The monoisotopic (exact) mass is 303 g/mol. The van der Waals surface area contributed by atoms with Crippen molar-refractivity contribution in [2.24, 2.45) is 5.41 Å². The first kappa shape index (κ1) is 16.8. The van der Waals surface area contributed by atoms with Crippen molar-refractivity contribution in [3.8, 4) is 0 Å². The van der Waals surface area contributed by atoms with Gasteiger partial charge in [0, 0.05) is 25.7 Å². The van der Waals surface area contributed by atoms with Crippen LogP contribution in [0, 0.1) is 5.41 Å². The number of carbonyl (C=O) groups is 1. The van der Waals surface area contributed by atoms with Crippen LogP contribution in [0.1, 0.15) is 59.1 Å². The fourth-order valence-corrected chi connectivity index (χ4v) is 3.21. The molecule has 1 aliphatic heterocycles. The first-order chi connectivity index (χ1) is 10.4. The molecule has 0 aromatic carbocycles. The molecular weight excluding hydrogens is 274 g/mol. The smallest absolute Gasteiger partial charge is 0.222 e. The quantitative estimate of drug-likeness (QED) is 0.750. The SMILES string of the molecule is CCn1cncc1CN1C[C@@](C)(CCC=C(C)C)CCC1=O. The van der Waals surface area contributed by atoms with E-state index in [0.29, 0.717) is 13.0 Å². The van der Waals surface area contributed by atoms with E-state index in [0.717, 1.165) is 38.0 Å². The minimum atomic E-state index is 0.233. The van der Waals surface area contributed by atoms with Gasteiger partial charge >= 0.3 is 0 Å². The van der Waals surface area contributed by atoms with E-state index in [-0.39, 0.29) is 11.3 Å². The van der Waals surface area contributed by atoms with Crippen molar-refractivity contribution in [3.63, 3.8) is 0 Å². The van der Waals surface area contributed by atoms with Crippen molar-refractivity contribution in [3.05, 3.63) is 29.9 Å². The molecular formula is C18H29N3O. The predicted octanol–water partition coefficient (Wildman–Crippen LogP) is 3.78. The maximum Gasteiger partial charge on any atom is 0.222 e. The van der Waals surface area contributed by atoms with Crippen LogP contribution in [-0.2, 0) is 17.9 Å². The summed E-state index contributed by atoms with van der Waals surface area (Å²) in [6.07, 6.45) is 9.96. The fraction of sp³-hybridized carbons (Fsp3) is 0.667. The fourth-order valence-electron chi connectivity index (χ4n) is 3.21. The summed E-state index contributed by atoms with van der Waals surface area (Å²) in [6, 6.07) is 0. The van der Waals surface area contributed by atoms with Crippen LogP contribution < -0.4 is 0 Å². The minimum Gasteiger partial charge on any atom is -0.336 e. The summed E-state index contributed by atoms with van der Waals surface area (Å²) in [7, 11) is 0. The van der Waals surface area contributed by atoms with Gasteiger partial charge in [-0.25, -0.2) is 4.98 Å². The molecule has 0 saturated carbocycles. The Balaban J connectivity index is 2.01. The molecule has 0 unspecified atom stereocenters. The number of amides is 1. The van der Waals surface area contributed by atoms with Crippen LogP contribution in [0.4, 0.5) is 0 Å². The van der Waals surface area contributed by atoms with E-state index < -0.39 is 0 Å². The summed E-state index contributed by atoms with van der Waals surface area (Å²) in [4.78, 5) is 18.5. The number of hydrogen-bond acceptors (Lipinski definition) is 2. The lowest BCUT2D eigenvalue weighted by atomic mass is 9.77. The lowest BCUT2D eigenvalue weighted by Crippen LogP contribution is -2.44. The molecule has 122 valence electrons. The summed E-state index contributed by atoms with van der Waals surface area (Å²) in [5, 5.41) is 0. The second-order valence-corrected chi connectivity index (χ2v) is 7.05. The number of nitrogens with zero attached hydrogens (tertiary/aromatic N) is 3. The van der Waals surface area contributed by atoms with Crippen molar-refractivity contribution >= 4 is 5.91 Å². The lowest BCUT2D eigenvalue weighted by molar-refractivity contribution is -0.138. The van der Waals surface area contributed by atoms with E-state index in [9.17, 15) is 4.79 Å². The summed E-state index contributed by atoms with van der Waals surface area (Å²) >= 11 is 0.